The number of unbranched alkanes of at least 4 members (excludes halogenated alkanes) is 10. The van der Waals surface area contributed by atoms with E-state index in [4.69, 9.17) is 29.4 Å². The number of fused-ring (bicyclic) bond motifs is 15. The molecule has 0 saturated carbocycles. The lowest BCUT2D eigenvalue weighted by Gasteiger charge is -2.33. The highest BCUT2D eigenvalue weighted by molar-refractivity contribution is 6.10. The van der Waals surface area contributed by atoms with E-state index in [0.717, 1.165) is 83.3 Å². The Balaban J connectivity index is 0.772. The third kappa shape index (κ3) is 10.7. The van der Waals surface area contributed by atoms with E-state index >= 15 is 0 Å². The van der Waals surface area contributed by atoms with Crippen molar-refractivity contribution in [2.24, 2.45) is 0 Å². The molecule has 0 saturated heterocycles. The largest absolute Gasteiger partial charge is 0.497 e. The molecule has 8 aromatic carbocycles. The number of benzene rings is 8. The first-order chi connectivity index (χ1) is 50.5. The monoisotopic (exact) mass is 1350 g/mol. The van der Waals surface area contributed by atoms with Crippen LogP contribution in [0.25, 0.3) is 122 Å². The Morgan fingerprint density at radius 3 is 1.00 bits per heavy atom. The van der Waals surface area contributed by atoms with Crippen LogP contribution in [0.4, 0.5) is 0 Å². The Hall–Kier alpha value is -10.5. The van der Waals surface area contributed by atoms with Gasteiger partial charge in [-0.25, -0.2) is 0 Å². The lowest BCUT2D eigenvalue weighted by Crippen LogP contribution is -2.26. The second-order valence-corrected chi connectivity index (χ2v) is 29.0. The molecule has 0 radical (unpaired) electrons. The predicted octanol–water partition coefficient (Wildman–Crippen LogP) is 22.5. The number of aliphatic hydroxyl groups is 2. The van der Waals surface area contributed by atoms with Crippen molar-refractivity contribution in [3.8, 4) is 89.9 Å². The minimum absolute atomic E-state index is 0.315. The smallest absolute Gasteiger partial charge is 0.144 e. The molecule has 0 amide bonds. The van der Waals surface area contributed by atoms with Gasteiger partial charge in [-0.1, -0.05) is 188 Å². The van der Waals surface area contributed by atoms with Gasteiger partial charge in [0.15, 0.2) is 0 Å². The van der Waals surface area contributed by atoms with E-state index in [0.29, 0.717) is 67.7 Å². The van der Waals surface area contributed by atoms with Crippen molar-refractivity contribution in [3.63, 3.8) is 0 Å². The summed E-state index contributed by atoms with van der Waals surface area (Å²) in [7, 11) is 3.35. The van der Waals surface area contributed by atoms with Crippen molar-refractivity contribution in [1.29, 1.82) is 0 Å². The van der Waals surface area contributed by atoms with Crippen LogP contribution in [0.15, 0.2) is 219 Å². The fourth-order valence-electron chi connectivity index (χ4n) is 18.0. The minimum atomic E-state index is -1.60. The molecule has 6 heterocycles. The number of aryl methyl sites for hydroxylation is 2. The molecule has 514 valence electrons. The van der Waals surface area contributed by atoms with E-state index in [9.17, 15) is 10.2 Å². The SMILES string of the molecule is CCCCCCCCC1(CCCCCCCC)c2cc(-c3cnc4c(c3)C(O)(c3ccc(OC)cc3)c3cc(-c5ccc6c(c5)c5ccccc5n6CC)cnc3-4)ccc2-c2ccc(-c3cnc4c(c3)C(O)(c3ccc(OC)cc3)c3cc(-c5ccc6c(c5)c5ccccc5n6CC)cnc3-4)cc21. The van der Waals surface area contributed by atoms with Crippen LogP contribution in [-0.4, -0.2) is 53.5 Å². The van der Waals surface area contributed by atoms with Crippen molar-refractivity contribution < 1.29 is 19.7 Å². The van der Waals surface area contributed by atoms with Gasteiger partial charge in [0.2, 0.25) is 0 Å². The summed E-state index contributed by atoms with van der Waals surface area (Å²) in [5.74, 6) is 1.42. The number of ether oxygens (including phenoxy) is 2. The molecular weight excluding hydrogens is 1270 g/mol. The van der Waals surface area contributed by atoms with Crippen molar-refractivity contribution in [2.45, 2.75) is 147 Å². The van der Waals surface area contributed by atoms with E-state index < -0.39 is 11.2 Å². The molecule has 0 fully saturated rings. The van der Waals surface area contributed by atoms with Gasteiger partial charge < -0.3 is 28.8 Å². The summed E-state index contributed by atoms with van der Waals surface area (Å²) in [4.78, 5) is 21.1. The standard InChI is InChI=1S/C93H88N6O4/c1-7-11-13-15-17-23-45-91(46-24-18-16-14-12-8-2)77-49-61(65-53-81-89(96-57-65)87-79(92(81,100)67-33-37-69(102-5)38-34-67)51-63(55-94-87)59-31-43-85-75(47-59)73-25-19-21-27-83(73)98(85)9-3)29-41-71(77)72-42-30-62(50-78(72)91)66-54-82-90(97-58-66)88-80(93(82,101)68-35-39-70(103-6)40-36-68)52-64(56-95-88)60-32-44-86-76(48-60)74-26-20-22-28-84(74)99(86)10-4/h19-22,25-44,47-58,100-101H,7-18,23-24,45-46H2,1-6H3. The van der Waals surface area contributed by atoms with Gasteiger partial charge in [0.1, 0.15) is 22.7 Å². The zero-order valence-electron chi connectivity index (χ0n) is 60.0. The van der Waals surface area contributed by atoms with Crippen LogP contribution >= 0.6 is 0 Å². The quantitative estimate of drug-likeness (QED) is 0.0574. The molecule has 0 aliphatic heterocycles. The highest BCUT2D eigenvalue weighted by Crippen LogP contribution is 2.58. The predicted molar refractivity (Wildman–Crippen MR) is 420 cm³/mol. The van der Waals surface area contributed by atoms with Crippen LogP contribution in [0.2, 0.25) is 0 Å². The molecule has 0 bridgehead atoms. The van der Waals surface area contributed by atoms with E-state index in [1.165, 1.54) is 130 Å². The Kier molecular flexibility index (Phi) is 17.0. The first-order valence-corrected chi connectivity index (χ1v) is 37.6. The number of methoxy groups -OCH3 is 2. The second-order valence-electron chi connectivity index (χ2n) is 29.0. The zero-order chi connectivity index (χ0) is 70.1. The number of nitrogens with zero attached hydrogens (tertiary/aromatic N) is 6. The van der Waals surface area contributed by atoms with Gasteiger partial charge in [-0.3, -0.25) is 19.9 Å². The Morgan fingerprint density at radius 1 is 0.320 bits per heavy atom. The summed E-state index contributed by atoms with van der Waals surface area (Å²) in [5, 5.41) is 32.6. The summed E-state index contributed by atoms with van der Waals surface area (Å²) in [6, 6.07) is 69.1. The van der Waals surface area contributed by atoms with Crippen LogP contribution in [0.1, 0.15) is 162 Å². The van der Waals surface area contributed by atoms with E-state index in [1.54, 1.807) is 14.2 Å². The first-order valence-electron chi connectivity index (χ1n) is 37.6. The van der Waals surface area contributed by atoms with Crippen LogP contribution in [-0.2, 0) is 29.7 Å². The molecule has 10 heteroatoms. The molecule has 2 atom stereocenters. The highest BCUT2D eigenvalue weighted by Gasteiger charge is 2.49. The molecule has 3 aliphatic rings. The lowest BCUT2D eigenvalue weighted by molar-refractivity contribution is 0.130. The Morgan fingerprint density at radius 2 is 0.641 bits per heavy atom. The van der Waals surface area contributed by atoms with Crippen LogP contribution < -0.4 is 9.47 Å². The molecule has 14 aromatic rings. The lowest BCUT2D eigenvalue weighted by atomic mass is 9.70. The topological polar surface area (TPSA) is 120 Å². The van der Waals surface area contributed by atoms with Crippen molar-refractivity contribution >= 4 is 43.6 Å². The molecular formula is C93H88N6O4. The molecule has 3 aliphatic carbocycles. The summed E-state index contributed by atoms with van der Waals surface area (Å²) in [6.45, 7) is 10.7. The van der Waals surface area contributed by atoms with Gasteiger partial charge in [-0.2, -0.15) is 0 Å². The number of hydrogen-bond acceptors (Lipinski definition) is 8. The van der Waals surface area contributed by atoms with E-state index in [2.05, 4.69) is 182 Å². The number of rotatable bonds is 24. The van der Waals surface area contributed by atoms with Gasteiger partial charge in [0.25, 0.3) is 0 Å². The highest BCUT2D eigenvalue weighted by atomic mass is 16.5. The third-order valence-corrected chi connectivity index (χ3v) is 23.4. The van der Waals surface area contributed by atoms with Crippen LogP contribution in [0.5, 0.6) is 11.5 Å². The average molecular weight is 1350 g/mol. The van der Waals surface area contributed by atoms with Gasteiger partial charge >= 0.3 is 0 Å². The van der Waals surface area contributed by atoms with Crippen LogP contribution in [0, 0.1) is 0 Å². The summed E-state index contributed by atoms with van der Waals surface area (Å²) in [6.07, 6.45) is 24.3. The fourth-order valence-corrected chi connectivity index (χ4v) is 18.0. The molecule has 103 heavy (non-hydrogen) atoms. The fraction of sp³-hybridized carbons (Fsp3) is 0.269. The maximum absolute atomic E-state index is 13.9. The maximum Gasteiger partial charge on any atom is 0.144 e. The van der Waals surface area contributed by atoms with Gasteiger partial charge in [-0.15, -0.1) is 0 Å². The Labute approximate surface area is 603 Å². The normalized spacial score (nSPS) is 16.0. The van der Waals surface area contributed by atoms with Crippen molar-refractivity contribution in [2.75, 3.05) is 14.2 Å². The molecule has 2 unspecified atom stereocenters. The van der Waals surface area contributed by atoms with Gasteiger partial charge in [-0.05, 0) is 179 Å². The average Bonchev–Trinajstić information content (AvgIpc) is 1.56. The number of pyridine rings is 4. The van der Waals surface area contributed by atoms with Crippen LogP contribution in [0.3, 0.4) is 0 Å². The van der Waals surface area contributed by atoms with Gasteiger partial charge in [0.05, 0.1) is 37.0 Å². The van der Waals surface area contributed by atoms with E-state index in [1.807, 2.05) is 73.3 Å². The zero-order valence-corrected chi connectivity index (χ0v) is 60.0. The Bertz CT molecular complexity index is 5270. The minimum Gasteiger partial charge on any atom is -0.497 e. The first kappa shape index (κ1) is 65.8. The number of hydrogen-bond donors (Lipinski definition) is 2. The molecule has 2 N–H and O–H groups in total. The summed E-state index contributed by atoms with van der Waals surface area (Å²) < 4.78 is 16.1. The maximum atomic E-state index is 13.9. The van der Waals surface area contributed by atoms with E-state index in [-0.39, 0.29) is 5.41 Å². The molecule has 10 nitrogen and oxygen atoms in total. The second kappa shape index (κ2) is 26.7. The number of para-hydroxylation sites is 2. The number of aromatic nitrogens is 6. The summed E-state index contributed by atoms with van der Waals surface area (Å²) in [5.41, 5.74) is 21.3. The van der Waals surface area contributed by atoms with Crippen molar-refractivity contribution in [1.82, 2.24) is 29.1 Å². The summed E-state index contributed by atoms with van der Waals surface area (Å²) >= 11 is 0. The molecule has 6 aromatic heterocycles. The third-order valence-electron chi connectivity index (χ3n) is 23.4. The molecule has 17 rings (SSSR count). The van der Waals surface area contributed by atoms with Crippen molar-refractivity contribution in [3.05, 3.63) is 263 Å². The van der Waals surface area contributed by atoms with Gasteiger partial charge in [0, 0.05) is 131 Å². The molecule has 0 spiro atoms.